The molecule has 0 spiro atoms. The Morgan fingerprint density at radius 3 is 2.92 bits per heavy atom. The third kappa shape index (κ3) is 2.28. The Morgan fingerprint density at radius 1 is 1.58 bits per heavy atom. The van der Waals surface area contributed by atoms with Crippen molar-refractivity contribution in [2.45, 2.75) is 6.92 Å². The maximum atomic E-state index is 5.26. The van der Waals surface area contributed by atoms with Crippen LogP contribution in [-0.2, 0) is 0 Å². The standard InChI is InChI=1S/C10H9BrO/c1-3-6-12-10-5-4-8(2)7-9(10)11/h1,4-5,7H,6H2,2H3. The summed E-state index contributed by atoms with van der Waals surface area (Å²) in [4.78, 5) is 0. The molecule has 0 fully saturated rings. The molecule has 0 aliphatic carbocycles. The summed E-state index contributed by atoms with van der Waals surface area (Å²) in [5.74, 6) is 3.21. The van der Waals surface area contributed by atoms with Gasteiger partial charge in [0.1, 0.15) is 12.4 Å². The van der Waals surface area contributed by atoms with Gasteiger partial charge in [-0.05, 0) is 40.5 Å². The van der Waals surface area contributed by atoms with E-state index in [0.717, 1.165) is 10.2 Å². The van der Waals surface area contributed by atoms with Crippen molar-refractivity contribution in [3.63, 3.8) is 0 Å². The van der Waals surface area contributed by atoms with Gasteiger partial charge in [0.2, 0.25) is 0 Å². The molecule has 0 N–H and O–H groups in total. The van der Waals surface area contributed by atoms with Gasteiger partial charge in [-0.3, -0.25) is 0 Å². The van der Waals surface area contributed by atoms with Gasteiger partial charge in [0.05, 0.1) is 4.47 Å². The fourth-order valence-electron chi connectivity index (χ4n) is 0.842. The molecule has 12 heavy (non-hydrogen) atoms. The van der Waals surface area contributed by atoms with E-state index in [4.69, 9.17) is 11.2 Å². The van der Waals surface area contributed by atoms with Crippen molar-refractivity contribution in [1.29, 1.82) is 0 Å². The summed E-state index contributed by atoms with van der Waals surface area (Å²) in [6, 6.07) is 5.87. The van der Waals surface area contributed by atoms with Crippen LogP contribution in [0.25, 0.3) is 0 Å². The molecular formula is C10H9BrO. The summed E-state index contributed by atoms with van der Waals surface area (Å²) < 4.78 is 6.20. The van der Waals surface area contributed by atoms with Gasteiger partial charge in [0.25, 0.3) is 0 Å². The highest BCUT2D eigenvalue weighted by Gasteiger charge is 1.98. The zero-order valence-electron chi connectivity index (χ0n) is 6.80. The monoisotopic (exact) mass is 224 g/mol. The molecule has 0 unspecified atom stereocenters. The van der Waals surface area contributed by atoms with Crippen LogP contribution in [0.2, 0.25) is 0 Å². The molecule has 1 nitrogen and oxygen atoms in total. The number of terminal acetylenes is 1. The van der Waals surface area contributed by atoms with Crippen molar-refractivity contribution in [2.75, 3.05) is 6.61 Å². The van der Waals surface area contributed by atoms with Crippen LogP contribution in [0.5, 0.6) is 5.75 Å². The number of ether oxygens (including phenoxy) is 1. The lowest BCUT2D eigenvalue weighted by Crippen LogP contribution is -1.94. The van der Waals surface area contributed by atoms with Gasteiger partial charge in [-0.15, -0.1) is 6.42 Å². The molecule has 0 radical (unpaired) electrons. The average Bonchev–Trinajstić information content (AvgIpc) is 2.03. The first-order valence-electron chi connectivity index (χ1n) is 3.56. The van der Waals surface area contributed by atoms with E-state index in [-0.39, 0.29) is 0 Å². The molecule has 1 rings (SSSR count). The fraction of sp³-hybridized carbons (Fsp3) is 0.200. The number of benzene rings is 1. The topological polar surface area (TPSA) is 9.23 Å². The normalized spacial score (nSPS) is 9.08. The lowest BCUT2D eigenvalue weighted by atomic mass is 10.2. The van der Waals surface area contributed by atoms with Gasteiger partial charge >= 0.3 is 0 Å². The number of hydrogen-bond donors (Lipinski definition) is 0. The fourth-order valence-corrected chi connectivity index (χ4v) is 1.45. The van der Waals surface area contributed by atoms with E-state index in [1.807, 2.05) is 25.1 Å². The van der Waals surface area contributed by atoms with E-state index >= 15 is 0 Å². The van der Waals surface area contributed by atoms with E-state index in [1.54, 1.807) is 0 Å². The first kappa shape index (κ1) is 9.15. The van der Waals surface area contributed by atoms with E-state index in [9.17, 15) is 0 Å². The van der Waals surface area contributed by atoms with Gasteiger partial charge in [0, 0.05) is 0 Å². The van der Waals surface area contributed by atoms with Crippen molar-refractivity contribution in [1.82, 2.24) is 0 Å². The summed E-state index contributed by atoms with van der Waals surface area (Å²) in [5.41, 5.74) is 1.19. The highest BCUT2D eigenvalue weighted by molar-refractivity contribution is 9.10. The molecule has 0 bridgehead atoms. The lowest BCUT2D eigenvalue weighted by molar-refractivity contribution is 0.368. The van der Waals surface area contributed by atoms with Crippen molar-refractivity contribution in [3.05, 3.63) is 28.2 Å². The smallest absolute Gasteiger partial charge is 0.148 e. The van der Waals surface area contributed by atoms with Crippen molar-refractivity contribution in [3.8, 4) is 18.1 Å². The second kappa shape index (κ2) is 4.18. The summed E-state index contributed by atoms with van der Waals surface area (Å²) >= 11 is 3.38. The summed E-state index contributed by atoms with van der Waals surface area (Å²) in [7, 11) is 0. The average molecular weight is 225 g/mol. The predicted octanol–water partition coefficient (Wildman–Crippen LogP) is 2.77. The minimum atomic E-state index is 0.307. The second-order valence-corrected chi connectivity index (χ2v) is 3.28. The third-order valence-electron chi connectivity index (χ3n) is 1.40. The maximum absolute atomic E-state index is 5.26. The van der Waals surface area contributed by atoms with Gasteiger partial charge in [-0.25, -0.2) is 0 Å². The van der Waals surface area contributed by atoms with Crippen LogP contribution in [0.3, 0.4) is 0 Å². The van der Waals surface area contributed by atoms with E-state index in [1.165, 1.54) is 5.56 Å². The third-order valence-corrected chi connectivity index (χ3v) is 2.02. The van der Waals surface area contributed by atoms with Gasteiger partial charge in [-0.1, -0.05) is 12.0 Å². The number of halogens is 1. The van der Waals surface area contributed by atoms with Crippen LogP contribution in [0.15, 0.2) is 22.7 Å². The van der Waals surface area contributed by atoms with Crippen LogP contribution in [0.1, 0.15) is 5.56 Å². The van der Waals surface area contributed by atoms with E-state index in [0.29, 0.717) is 6.61 Å². The van der Waals surface area contributed by atoms with E-state index < -0.39 is 0 Å². The molecule has 1 aromatic rings. The Labute approximate surface area is 80.9 Å². The number of hydrogen-bond acceptors (Lipinski definition) is 1. The first-order valence-corrected chi connectivity index (χ1v) is 4.36. The van der Waals surface area contributed by atoms with Crippen LogP contribution in [-0.4, -0.2) is 6.61 Å². The summed E-state index contributed by atoms with van der Waals surface area (Å²) in [6.07, 6.45) is 5.07. The van der Waals surface area contributed by atoms with Crippen LogP contribution in [0, 0.1) is 19.3 Å². The highest BCUT2D eigenvalue weighted by Crippen LogP contribution is 2.25. The molecule has 0 atom stereocenters. The first-order chi connectivity index (χ1) is 5.74. The molecule has 0 aliphatic rings. The second-order valence-electron chi connectivity index (χ2n) is 2.43. The Bertz CT molecular complexity index is 312. The maximum Gasteiger partial charge on any atom is 0.148 e. The lowest BCUT2D eigenvalue weighted by Gasteiger charge is -2.04. The quantitative estimate of drug-likeness (QED) is 0.703. The number of rotatable bonds is 2. The van der Waals surface area contributed by atoms with Crippen LogP contribution >= 0.6 is 15.9 Å². The minimum Gasteiger partial charge on any atom is -0.480 e. The largest absolute Gasteiger partial charge is 0.480 e. The Hall–Kier alpha value is -0.940. The number of aryl methyl sites for hydroxylation is 1. The predicted molar refractivity (Wildman–Crippen MR) is 53.2 cm³/mol. The Morgan fingerprint density at radius 2 is 2.33 bits per heavy atom. The van der Waals surface area contributed by atoms with Crippen molar-refractivity contribution < 1.29 is 4.74 Å². The Kier molecular flexibility index (Phi) is 3.19. The minimum absolute atomic E-state index is 0.307. The van der Waals surface area contributed by atoms with Crippen LogP contribution < -0.4 is 4.74 Å². The molecule has 0 saturated carbocycles. The van der Waals surface area contributed by atoms with Crippen molar-refractivity contribution in [2.24, 2.45) is 0 Å². The zero-order valence-corrected chi connectivity index (χ0v) is 8.39. The van der Waals surface area contributed by atoms with Crippen molar-refractivity contribution >= 4 is 15.9 Å². The summed E-state index contributed by atoms with van der Waals surface area (Å²) in [5, 5.41) is 0. The molecule has 0 aliphatic heterocycles. The highest BCUT2D eigenvalue weighted by atomic mass is 79.9. The van der Waals surface area contributed by atoms with E-state index in [2.05, 4.69) is 21.9 Å². The molecule has 2 heteroatoms. The molecule has 0 saturated heterocycles. The molecule has 0 amide bonds. The molecule has 0 heterocycles. The SMILES string of the molecule is C#CCOc1ccc(C)cc1Br. The zero-order chi connectivity index (χ0) is 8.97. The summed E-state index contributed by atoms with van der Waals surface area (Å²) in [6.45, 7) is 2.33. The molecule has 62 valence electrons. The molecule has 1 aromatic carbocycles. The van der Waals surface area contributed by atoms with Gasteiger partial charge < -0.3 is 4.74 Å². The molecule has 0 aromatic heterocycles. The van der Waals surface area contributed by atoms with Gasteiger partial charge in [-0.2, -0.15) is 0 Å². The molecular weight excluding hydrogens is 216 g/mol. The van der Waals surface area contributed by atoms with Gasteiger partial charge in [0.15, 0.2) is 0 Å². The Balaban J connectivity index is 2.81. The van der Waals surface area contributed by atoms with Crippen LogP contribution in [0.4, 0.5) is 0 Å².